The van der Waals surface area contributed by atoms with E-state index in [-0.39, 0.29) is 5.82 Å². The second-order valence-corrected chi connectivity index (χ2v) is 5.17. The minimum atomic E-state index is -0.255. The van der Waals surface area contributed by atoms with Gasteiger partial charge in [0.1, 0.15) is 5.82 Å². The molecule has 22 heavy (non-hydrogen) atoms. The highest BCUT2D eigenvalue weighted by atomic mass is 19.1. The van der Waals surface area contributed by atoms with Gasteiger partial charge in [-0.05, 0) is 35.4 Å². The van der Waals surface area contributed by atoms with E-state index >= 15 is 0 Å². The zero-order valence-electron chi connectivity index (χ0n) is 11.8. The van der Waals surface area contributed by atoms with E-state index in [4.69, 9.17) is 0 Å². The van der Waals surface area contributed by atoms with Crippen molar-refractivity contribution in [3.8, 4) is 11.1 Å². The van der Waals surface area contributed by atoms with Crippen LogP contribution in [0.25, 0.3) is 11.1 Å². The number of hydrazone groups is 1. The first-order valence-electron chi connectivity index (χ1n) is 7.11. The Hall–Kier alpha value is -2.94. The van der Waals surface area contributed by atoms with Gasteiger partial charge in [0.2, 0.25) is 0 Å². The fourth-order valence-electron chi connectivity index (χ4n) is 2.76. The average molecular weight is 288 g/mol. The molecule has 4 rings (SSSR count). The molecule has 0 spiro atoms. The van der Waals surface area contributed by atoms with E-state index in [0.717, 1.165) is 22.5 Å². The van der Waals surface area contributed by atoms with Crippen molar-refractivity contribution in [3.05, 3.63) is 89.7 Å². The summed E-state index contributed by atoms with van der Waals surface area (Å²) in [5.74, 6) is -0.255. The summed E-state index contributed by atoms with van der Waals surface area (Å²) in [6, 6.07) is 22.6. The molecule has 0 amide bonds. The summed E-state index contributed by atoms with van der Waals surface area (Å²) in [5, 5.41) is 4.55. The Kier molecular flexibility index (Phi) is 2.97. The Morgan fingerprint density at radius 1 is 0.636 bits per heavy atom. The average Bonchev–Trinajstić information content (AvgIpc) is 2.89. The molecule has 0 unspecified atom stereocenters. The molecule has 3 aromatic rings. The third-order valence-corrected chi connectivity index (χ3v) is 3.80. The van der Waals surface area contributed by atoms with Crippen LogP contribution in [0.15, 0.2) is 77.9 Å². The van der Waals surface area contributed by atoms with Crippen LogP contribution < -0.4 is 5.43 Å². The molecule has 2 nitrogen and oxygen atoms in total. The third-order valence-electron chi connectivity index (χ3n) is 3.80. The Labute approximate surface area is 127 Å². The quantitative estimate of drug-likeness (QED) is 0.532. The van der Waals surface area contributed by atoms with Gasteiger partial charge in [-0.1, -0.05) is 48.5 Å². The van der Waals surface area contributed by atoms with Gasteiger partial charge >= 0.3 is 0 Å². The number of fused-ring (bicyclic) bond motifs is 3. The topological polar surface area (TPSA) is 24.4 Å². The van der Waals surface area contributed by atoms with Crippen molar-refractivity contribution < 1.29 is 4.39 Å². The minimum absolute atomic E-state index is 0.255. The molecule has 0 aliphatic heterocycles. The third kappa shape index (κ3) is 2.07. The lowest BCUT2D eigenvalue weighted by molar-refractivity contribution is 0.628. The summed E-state index contributed by atoms with van der Waals surface area (Å²) in [5.41, 5.74) is 9.29. The SMILES string of the molecule is Fc1ccc(NN=C2c3ccccc3-c3ccccc32)cc1. The number of benzene rings is 3. The van der Waals surface area contributed by atoms with E-state index < -0.39 is 0 Å². The van der Waals surface area contributed by atoms with Crippen LogP contribution in [0, 0.1) is 5.82 Å². The van der Waals surface area contributed by atoms with Crippen molar-refractivity contribution in [2.24, 2.45) is 5.10 Å². The molecule has 106 valence electrons. The molecule has 0 saturated heterocycles. The van der Waals surface area contributed by atoms with Crippen LogP contribution >= 0.6 is 0 Å². The van der Waals surface area contributed by atoms with Gasteiger partial charge in [0.05, 0.1) is 11.4 Å². The first-order valence-corrected chi connectivity index (χ1v) is 7.11. The summed E-state index contributed by atoms with van der Waals surface area (Å²) in [6.07, 6.45) is 0. The zero-order chi connectivity index (χ0) is 14.9. The lowest BCUT2D eigenvalue weighted by Gasteiger charge is -2.04. The van der Waals surface area contributed by atoms with Gasteiger partial charge in [-0.25, -0.2) is 4.39 Å². The van der Waals surface area contributed by atoms with Crippen LogP contribution in [-0.4, -0.2) is 5.71 Å². The number of halogens is 1. The van der Waals surface area contributed by atoms with Crippen molar-refractivity contribution in [1.82, 2.24) is 0 Å². The molecule has 1 aliphatic carbocycles. The second-order valence-electron chi connectivity index (χ2n) is 5.17. The zero-order valence-corrected chi connectivity index (χ0v) is 11.8. The number of hydrogen-bond acceptors (Lipinski definition) is 2. The molecule has 0 heterocycles. The maximum Gasteiger partial charge on any atom is 0.123 e. The molecule has 3 aromatic carbocycles. The molecule has 0 saturated carbocycles. The van der Waals surface area contributed by atoms with Crippen molar-refractivity contribution in [2.45, 2.75) is 0 Å². The van der Waals surface area contributed by atoms with Gasteiger partial charge < -0.3 is 0 Å². The molecule has 0 radical (unpaired) electrons. The summed E-state index contributed by atoms with van der Waals surface area (Å²) in [7, 11) is 0. The number of nitrogens with one attached hydrogen (secondary N) is 1. The van der Waals surface area contributed by atoms with Crippen LogP contribution in [0.4, 0.5) is 10.1 Å². The van der Waals surface area contributed by atoms with Gasteiger partial charge in [-0.2, -0.15) is 5.10 Å². The van der Waals surface area contributed by atoms with Crippen molar-refractivity contribution in [3.63, 3.8) is 0 Å². The highest BCUT2D eigenvalue weighted by Gasteiger charge is 2.23. The van der Waals surface area contributed by atoms with Crippen molar-refractivity contribution >= 4 is 11.4 Å². The van der Waals surface area contributed by atoms with E-state index in [0.29, 0.717) is 0 Å². The number of nitrogens with zero attached hydrogens (tertiary/aromatic N) is 1. The predicted molar refractivity (Wildman–Crippen MR) is 87.5 cm³/mol. The van der Waals surface area contributed by atoms with E-state index in [1.807, 2.05) is 24.3 Å². The molecule has 1 N–H and O–H groups in total. The van der Waals surface area contributed by atoms with Gasteiger partial charge in [0.15, 0.2) is 0 Å². The molecular weight excluding hydrogens is 275 g/mol. The maximum absolute atomic E-state index is 13.0. The minimum Gasteiger partial charge on any atom is -0.278 e. The van der Waals surface area contributed by atoms with E-state index in [2.05, 4.69) is 34.8 Å². The van der Waals surface area contributed by atoms with E-state index in [1.54, 1.807) is 12.1 Å². The van der Waals surface area contributed by atoms with Crippen molar-refractivity contribution in [2.75, 3.05) is 5.43 Å². The smallest absolute Gasteiger partial charge is 0.123 e. The first-order chi connectivity index (χ1) is 10.8. The van der Waals surface area contributed by atoms with Crippen LogP contribution in [0.1, 0.15) is 11.1 Å². The van der Waals surface area contributed by atoms with E-state index in [1.165, 1.54) is 23.3 Å². The van der Waals surface area contributed by atoms with Gasteiger partial charge in [-0.15, -0.1) is 0 Å². The standard InChI is InChI=1S/C19H13FN2/c20-13-9-11-14(12-10-13)21-22-19-17-7-3-1-5-15(17)16-6-2-4-8-18(16)19/h1-12,21H. The molecular formula is C19H13FN2. The Morgan fingerprint density at radius 2 is 1.14 bits per heavy atom. The van der Waals surface area contributed by atoms with Crippen LogP contribution in [0.5, 0.6) is 0 Å². The summed E-state index contributed by atoms with van der Waals surface area (Å²) in [6.45, 7) is 0. The summed E-state index contributed by atoms with van der Waals surface area (Å²) >= 11 is 0. The molecule has 0 aromatic heterocycles. The fraction of sp³-hybridized carbons (Fsp3) is 0. The second kappa shape index (κ2) is 5.11. The highest BCUT2D eigenvalue weighted by Crippen LogP contribution is 2.36. The molecule has 3 heteroatoms. The Bertz CT molecular complexity index is 819. The normalized spacial score (nSPS) is 11.8. The predicted octanol–water partition coefficient (Wildman–Crippen LogP) is 4.67. The largest absolute Gasteiger partial charge is 0.278 e. The van der Waals surface area contributed by atoms with Gasteiger partial charge in [0, 0.05) is 11.1 Å². The number of rotatable bonds is 2. The Balaban J connectivity index is 1.78. The molecule has 0 bridgehead atoms. The van der Waals surface area contributed by atoms with Crippen molar-refractivity contribution in [1.29, 1.82) is 0 Å². The lowest BCUT2D eigenvalue weighted by Crippen LogP contribution is -2.02. The van der Waals surface area contributed by atoms with Crippen LogP contribution in [0.3, 0.4) is 0 Å². The lowest BCUT2D eigenvalue weighted by atomic mass is 10.1. The number of hydrogen-bond donors (Lipinski definition) is 1. The first kappa shape index (κ1) is 12.8. The fourth-order valence-corrected chi connectivity index (χ4v) is 2.76. The van der Waals surface area contributed by atoms with Crippen LogP contribution in [-0.2, 0) is 0 Å². The van der Waals surface area contributed by atoms with Crippen LogP contribution in [0.2, 0.25) is 0 Å². The summed E-state index contributed by atoms with van der Waals surface area (Å²) in [4.78, 5) is 0. The molecule has 0 fully saturated rings. The monoisotopic (exact) mass is 288 g/mol. The highest BCUT2D eigenvalue weighted by molar-refractivity contribution is 6.24. The maximum atomic E-state index is 13.0. The Morgan fingerprint density at radius 3 is 1.68 bits per heavy atom. The molecule has 1 aliphatic rings. The van der Waals surface area contributed by atoms with Gasteiger partial charge in [-0.3, -0.25) is 5.43 Å². The van der Waals surface area contributed by atoms with E-state index in [9.17, 15) is 4.39 Å². The number of anilines is 1. The summed E-state index contributed by atoms with van der Waals surface area (Å²) < 4.78 is 13.0. The molecule has 0 atom stereocenters. The van der Waals surface area contributed by atoms with Gasteiger partial charge in [0.25, 0.3) is 0 Å².